The summed E-state index contributed by atoms with van der Waals surface area (Å²) in [5, 5.41) is 4.96. The van der Waals surface area contributed by atoms with Gasteiger partial charge in [-0.05, 0) is 31.2 Å². The molecule has 0 bridgehead atoms. The molecule has 0 aliphatic carbocycles. The Kier molecular flexibility index (Phi) is 4.68. The highest BCUT2D eigenvalue weighted by atomic mass is 32.2. The van der Waals surface area contributed by atoms with Crippen LogP contribution in [0, 0.1) is 6.92 Å². The third kappa shape index (κ3) is 3.41. The van der Waals surface area contributed by atoms with Crippen LogP contribution < -0.4 is 5.32 Å². The van der Waals surface area contributed by atoms with Gasteiger partial charge in [-0.1, -0.05) is 6.92 Å². The maximum Gasteiger partial charge on any atom is 0.133 e. The predicted molar refractivity (Wildman–Crippen MR) is 76.5 cm³/mol. The molecular weight excluding hydrogens is 258 g/mol. The van der Waals surface area contributed by atoms with Gasteiger partial charge in [0.2, 0.25) is 0 Å². The molecule has 0 aromatic carbocycles. The van der Waals surface area contributed by atoms with E-state index in [9.17, 15) is 0 Å². The molecule has 2 aromatic rings. The van der Waals surface area contributed by atoms with E-state index in [1.807, 2.05) is 20.0 Å². The molecule has 0 saturated carbocycles. The normalized spacial score (nSPS) is 10.5. The zero-order chi connectivity index (χ0) is 13.7. The first-order valence-electron chi connectivity index (χ1n) is 6.23. The monoisotopic (exact) mass is 275 g/mol. The Labute approximate surface area is 117 Å². The maximum absolute atomic E-state index is 4.62. The van der Waals surface area contributed by atoms with Crippen LogP contribution in [0.3, 0.4) is 0 Å². The average Bonchev–Trinajstić information content (AvgIpc) is 2.43. The highest BCUT2D eigenvalue weighted by Gasteiger charge is 2.11. The number of anilines is 1. The molecule has 0 spiro atoms. The summed E-state index contributed by atoms with van der Waals surface area (Å²) in [5.41, 5.74) is 1.05. The van der Waals surface area contributed by atoms with E-state index < -0.39 is 0 Å². The van der Waals surface area contributed by atoms with Crippen LogP contribution in [-0.4, -0.2) is 27.0 Å². The van der Waals surface area contributed by atoms with E-state index >= 15 is 0 Å². The fourth-order valence-electron chi connectivity index (χ4n) is 1.66. The minimum absolute atomic E-state index is 0.869. The summed E-state index contributed by atoms with van der Waals surface area (Å²) < 4.78 is 0. The molecule has 0 unspecified atom stereocenters. The molecule has 6 heteroatoms. The zero-order valence-electron chi connectivity index (χ0n) is 11.3. The molecule has 0 radical (unpaired) electrons. The molecule has 100 valence electrons. The number of aryl methyl sites for hydroxylation is 1. The fourth-order valence-corrected chi connectivity index (χ4v) is 2.48. The Morgan fingerprint density at radius 1 is 1.32 bits per heavy atom. The number of rotatable bonds is 5. The van der Waals surface area contributed by atoms with Gasteiger partial charge in [-0.15, -0.1) is 0 Å². The molecule has 2 rings (SSSR count). The molecule has 0 fully saturated rings. The Morgan fingerprint density at radius 3 is 2.79 bits per heavy atom. The van der Waals surface area contributed by atoms with Gasteiger partial charge < -0.3 is 5.32 Å². The lowest BCUT2D eigenvalue weighted by Gasteiger charge is -2.11. The van der Waals surface area contributed by atoms with Gasteiger partial charge in [0.05, 0.1) is 0 Å². The summed E-state index contributed by atoms with van der Waals surface area (Å²) in [6.07, 6.45) is 5.19. The number of nitrogens with zero attached hydrogens (tertiary/aromatic N) is 4. The number of hydrogen-bond donors (Lipinski definition) is 1. The Morgan fingerprint density at radius 2 is 2.16 bits per heavy atom. The second-order valence-corrected chi connectivity index (χ2v) is 5.08. The summed E-state index contributed by atoms with van der Waals surface area (Å²) in [6.45, 7) is 4.14. The molecule has 2 aromatic heterocycles. The molecule has 1 N–H and O–H groups in total. The van der Waals surface area contributed by atoms with E-state index in [0.29, 0.717) is 0 Å². The van der Waals surface area contributed by atoms with E-state index in [-0.39, 0.29) is 0 Å². The van der Waals surface area contributed by atoms with Crippen LogP contribution in [0.2, 0.25) is 0 Å². The van der Waals surface area contributed by atoms with Crippen molar-refractivity contribution in [3.63, 3.8) is 0 Å². The summed E-state index contributed by atoms with van der Waals surface area (Å²) >= 11 is 1.54. The van der Waals surface area contributed by atoms with Crippen LogP contribution in [0.25, 0.3) is 0 Å². The first-order valence-corrected chi connectivity index (χ1v) is 7.05. The van der Waals surface area contributed by atoms with Crippen LogP contribution in [0.4, 0.5) is 5.82 Å². The van der Waals surface area contributed by atoms with Gasteiger partial charge in [-0.25, -0.2) is 19.9 Å². The van der Waals surface area contributed by atoms with Crippen LogP contribution in [0.5, 0.6) is 0 Å². The first-order chi connectivity index (χ1) is 9.24. The highest BCUT2D eigenvalue weighted by Crippen LogP contribution is 2.29. The molecule has 19 heavy (non-hydrogen) atoms. The number of nitrogens with one attached hydrogen (secondary N) is 1. The van der Waals surface area contributed by atoms with Crippen molar-refractivity contribution in [2.45, 2.75) is 36.7 Å². The van der Waals surface area contributed by atoms with Crippen molar-refractivity contribution in [1.29, 1.82) is 0 Å². The summed E-state index contributed by atoms with van der Waals surface area (Å²) in [6, 6.07) is 1.88. The third-order valence-electron chi connectivity index (χ3n) is 2.61. The first kappa shape index (κ1) is 13.7. The lowest BCUT2D eigenvalue weighted by atomic mass is 10.3. The van der Waals surface area contributed by atoms with Gasteiger partial charge in [-0.3, -0.25) is 0 Å². The lowest BCUT2D eigenvalue weighted by Crippen LogP contribution is -2.04. The van der Waals surface area contributed by atoms with E-state index in [4.69, 9.17) is 0 Å². The lowest BCUT2D eigenvalue weighted by molar-refractivity contribution is 0.803. The van der Waals surface area contributed by atoms with Crippen molar-refractivity contribution >= 4 is 17.6 Å². The average molecular weight is 275 g/mol. The topological polar surface area (TPSA) is 63.6 Å². The Hall–Kier alpha value is -1.69. The van der Waals surface area contributed by atoms with Crippen LogP contribution in [0.15, 0.2) is 28.6 Å². The van der Waals surface area contributed by atoms with Crippen molar-refractivity contribution < 1.29 is 0 Å². The smallest absolute Gasteiger partial charge is 0.133 e. The largest absolute Gasteiger partial charge is 0.373 e. The van der Waals surface area contributed by atoms with Crippen molar-refractivity contribution in [2.75, 3.05) is 12.4 Å². The fraction of sp³-hybridized carbons (Fsp3) is 0.385. The van der Waals surface area contributed by atoms with Gasteiger partial charge in [0, 0.05) is 25.2 Å². The van der Waals surface area contributed by atoms with Gasteiger partial charge in [0.25, 0.3) is 0 Å². The summed E-state index contributed by atoms with van der Waals surface area (Å²) in [5.74, 6) is 1.75. The molecule has 0 aliphatic heterocycles. The maximum atomic E-state index is 4.62. The molecule has 0 saturated heterocycles. The van der Waals surface area contributed by atoms with Gasteiger partial charge in [0.15, 0.2) is 0 Å². The Bertz CT molecular complexity index is 544. The standard InChI is InChI=1S/C13H17N5S/c1-4-5-10-17-12(14-3)9(2)13(18-10)19-11-6-7-15-8-16-11/h6-8H,4-5H2,1-3H3,(H,14,17,18). The summed E-state index contributed by atoms with van der Waals surface area (Å²) in [7, 11) is 1.88. The van der Waals surface area contributed by atoms with E-state index in [0.717, 1.165) is 40.1 Å². The van der Waals surface area contributed by atoms with Crippen molar-refractivity contribution in [1.82, 2.24) is 19.9 Å². The minimum Gasteiger partial charge on any atom is -0.373 e. The van der Waals surface area contributed by atoms with Gasteiger partial charge >= 0.3 is 0 Å². The molecule has 5 nitrogen and oxygen atoms in total. The molecule has 0 atom stereocenters. The quantitative estimate of drug-likeness (QED) is 0.846. The molecular formula is C13H17N5S. The number of aromatic nitrogens is 4. The highest BCUT2D eigenvalue weighted by molar-refractivity contribution is 7.99. The van der Waals surface area contributed by atoms with Crippen molar-refractivity contribution in [2.24, 2.45) is 0 Å². The van der Waals surface area contributed by atoms with Crippen LogP contribution in [0.1, 0.15) is 24.7 Å². The zero-order valence-corrected chi connectivity index (χ0v) is 12.2. The second kappa shape index (κ2) is 6.47. The van der Waals surface area contributed by atoms with Crippen LogP contribution in [-0.2, 0) is 6.42 Å². The molecule has 0 amide bonds. The van der Waals surface area contributed by atoms with Crippen molar-refractivity contribution in [3.8, 4) is 0 Å². The third-order valence-corrected chi connectivity index (χ3v) is 3.66. The minimum atomic E-state index is 0.869. The molecule has 0 aliphatic rings. The van der Waals surface area contributed by atoms with E-state index in [1.165, 1.54) is 0 Å². The summed E-state index contributed by atoms with van der Waals surface area (Å²) in [4.78, 5) is 17.3. The van der Waals surface area contributed by atoms with Gasteiger partial charge in [-0.2, -0.15) is 0 Å². The number of hydrogen-bond acceptors (Lipinski definition) is 6. The second-order valence-electron chi connectivity index (χ2n) is 4.07. The Balaban J connectivity index is 2.35. The SMILES string of the molecule is CCCc1nc(NC)c(C)c(Sc2ccncn2)n1. The van der Waals surface area contributed by atoms with E-state index in [1.54, 1.807) is 24.3 Å². The molecule has 2 heterocycles. The van der Waals surface area contributed by atoms with Crippen molar-refractivity contribution in [3.05, 3.63) is 30.0 Å². The van der Waals surface area contributed by atoms with E-state index in [2.05, 4.69) is 32.2 Å². The predicted octanol–water partition coefficient (Wildman–Crippen LogP) is 2.72. The van der Waals surface area contributed by atoms with Gasteiger partial charge in [0.1, 0.15) is 28.0 Å². The van der Waals surface area contributed by atoms with Crippen LogP contribution >= 0.6 is 11.8 Å².